The number of halogens is 3. The predicted molar refractivity (Wildman–Crippen MR) is 165 cm³/mol. The van der Waals surface area contributed by atoms with Crippen LogP contribution in [0.5, 0.6) is 0 Å². The van der Waals surface area contributed by atoms with Gasteiger partial charge in [0.15, 0.2) is 5.13 Å². The zero-order valence-corrected chi connectivity index (χ0v) is 24.3. The van der Waals surface area contributed by atoms with Crippen LogP contribution in [0.2, 0.25) is 0 Å². The highest BCUT2D eigenvalue weighted by Crippen LogP contribution is 2.34. The number of carbonyl (C=O) groups is 1. The van der Waals surface area contributed by atoms with Gasteiger partial charge in [-0.05, 0) is 48.9 Å². The van der Waals surface area contributed by atoms with E-state index in [9.17, 15) is 18.0 Å². The molecule has 0 aliphatic carbocycles. The average molecular weight is 602 g/mol. The number of thiazole rings is 1. The van der Waals surface area contributed by atoms with E-state index in [2.05, 4.69) is 26.9 Å². The largest absolute Gasteiger partial charge is 0.416 e. The monoisotopic (exact) mass is 601 g/mol. The molecule has 1 N–H and O–H groups in total. The van der Waals surface area contributed by atoms with E-state index >= 15 is 0 Å². The molecule has 0 bridgehead atoms. The smallest absolute Gasteiger partial charge is 0.368 e. The van der Waals surface area contributed by atoms with Gasteiger partial charge in [-0.25, -0.2) is 4.98 Å². The van der Waals surface area contributed by atoms with Crippen molar-refractivity contribution in [1.82, 2.24) is 14.5 Å². The third kappa shape index (κ3) is 6.29. The van der Waals surface area contributed by atoms with Crippen LogP contribution in [0.25, 0.3) is 11.4 Å². The summed E-state index contributed by atoms with van der Waals surface area (Å²) in [6, 6.07) is 27.1. The number of benzene rings is 3. The number of para-hydroxylation sites is 1. The Morgan fingerprint density at radius 2 is 1.60 bits per heavy atom. The summed E-state index contributed by atoms with van der Waals surface area (Å²) in [5.41, 5.74) is 4.70. The summed E-state index contributed by atoms with van der Waals surface area (Å²) in [7, 11) is 0. The highest BCUT2D eigenvalue weighted by atomic mass is 32.1. The summed E-state index contributed by atoms with van der Waals surface area (Å²) in [5.74, 6) is -0.0178. The molecule has 6 nitrogen and oxygen atoms in total. The van der Waals surface area contributed by atoms with Crippen LogP contribution in [0, 0.1) is 6.92 Å². The van der Waals surface area contributed by atoms with Crippen LogP contribution >= 0.6 is 11.3 Å². The second kappa shape index (κ2) is 12.0. The van der Waals surface area contributed by atoms with Crippen LogP contribution in [0.3, 0.4) is 0 Å². The number of hydrogen-bond acceptors (Lipinski definition) is 5. The molecule has 220 valence electrons. The fraction of sp³-hybridized carbons (Fsp3) is 0.212. The van der Waals surface area contributed by atoms with E-state index < -0.39 is 11.7 Å². The molecular weight excluding hydrogens is 571 g/mol. The summed E-state index contributed by atoms with van der Waals surface area (Å²) in [4.78, 5) is 22.7. The molecular formula is C33H30F3N5OS. The second-order valence-corrected chi connectivity index (χ2v) is 11.3. The molecule has 0 radical (unpaired) electrons. The van der Waals surface area contributed by atoms with Gasteiger partial charge in [0.25, 0.3) is 5.91 Å². The number of carbonyl (C=O) groups excluding carboxylic acids is 1. The number of anilines is 3. The predicted octanol–water partition coefficient (Wildman–Crippen LogP) is 7.69. The number of aromatic nitrogens is 2. The molecule has 1 aliphatic heterocycles. The number of nitrogens with one attached hydrogen (secondary N) is 1. The van der Waals surface area contributed by atoms with Crippen LogP contribution in [0.15, 0.2) is 96.4 Å². The van der Waals surface area contributed by atoms with Crippen molar-refractivity contribution in [2.45, 2.75) is 19.6 Å². The number of rotatable bonds is 7. The Labute approximate surface area is 252 Å². The molecule has 10 heteroatoms. The maximum absolute atomic E-state index is 13.8. The standard InChI is InChI=1S/C33H30F3N5OS/c1-23-28(31(42)40-17-15-39(16-18-40)27-13-6-3-7-14-27)20-30(41(23)21-24-9-4-2-5-10-24)29-22-43-32(38-29)37-26-12-8-11-25(19-26)33(34,35)36/h2-14,19-20,22H,15-18,21H2,1H3,(H,37,38). The van der Waals surface area contributed by atoms with Crippen molar-refractivity contribution in [1.29, 1.82) is 0 Å². The van der Waals surface area contributed by atoms with Gasteiger partial charge < -0.3 is 19.7 Å². The first-order valence-electron chi connectivity index (χ1n) is 14.0. The molecule has 1 saturated heterocycles. The lowest BCUT2D eigenvalue weighted by molar-refractivity contribution is -0.137. The molecule has 3 aromatic carbocycles. The Bertz CT molecular complexity index is 1710. The zero-order chi connectivity index (χ0) is 30.0. The van der Waals surface area contributed by atoms with Crippen molar-refractivity contribution in [3.05, 3.63) is 119 Å². The highest BCUT2D eigenvalue weighted by molar-refractivity contribution is 7.14. The van der Waals surface area contributed by atoms with Gasteiger partial charge in [-0.3, -0.25) is 4.79 Å². The molecule has 6 rings (SSSR count). The van der Waals surface area contributed by atoms with Gasteiger partial charge in [0.05, 0.1) is 22.5 Å². The van der Waals surface area contributed by atoms with Crippen molar-refractivity contribution in [3.63, 3.8) is 0 Å². The van der Waals surface area contributed by atoms with Gasteiger partial charge in [0.1, 0.15) is 0 Å². The lowest BCUT2D eigenvalue weighted by atomic mass is 10.1. The van der Waals surface area contributed by atoms with E-state index in [0.29, 0.717) is 41.7 Å². The summed E-state index contributed by atoms with van der Waals surface area (Å²) >= 11 is 1.30. The lowest BCUT2D eigenvalue weighted by Gasteiger charge is -2.36. The summed E-state index contributed by atoms with van der Waals surface area (Å²) < 4.78 is 41.7. The number of amides is 1. The molecule has 0 saturated carbocycles. The van der Waals surface area contributed by atoms with Crippen LogP contribution in [0.1, 0.15) is 27.2 Å². The fourth-order valence-corrected chi connectivity index (χ4v) is 6.09. The maximum Gasteiger partial charge on any atom is 0.416 e. The Balaban J connectivity index is 1.27. The van der Waals surface area contributed by atoms with Crippen LogP contribution in [-0.4, -0.2) is 46.5 Å². The SMILES string of the molecule is Cc1c(C(=O)N2CCN(c3ccccc3)CC2)cc(-c2csc(Nc3cccc(C(F)(F)F)c3)n2)n1Cc1ccccc1. The number of alkyl halides is 3. The number of nitrogens with zero attached hydrogens (tertiary/aromatic N) is 4. The first-order chi connectivity index (χ1) is 20.8. The van der Waals surface area contributed by atoms with E-state index in [1.807, 2.05) is 71.8 Å². The summed E-state index contributed by atoms with van der Waals surface area (Å²) in [5, 5.41) is 5.33. The van der Waals surface area contributed by atoms with Gasteiger partial charge in [0, 0.05) is 55.2 Å². The lowest BCUT2D eigenvalue weighted by Crippen LogP contribution is -2.48. The first-order valence-corrected chi connectivity index (χ1v) is 14.9. The molecule has 1 amide bonds. The third-order valence-corrected chi connectivity index (χ3v) is 8.43. The van der Waals surface area contributed by atoms with Crippen molar-refractivity contribution < 1.29 is 18.0 Å². The number of piperazine rings is 1. The third-order valence-electron chi connectivity index (χ3n) is 7.68. The Morgan fingerprint density at radius 3 is 2.30 bits per heavy atom. The molecule has 0 atom stereocenters. The first kappa shape index (κ1) is 28.5. The summed E-state index contributed by atoms with van der Waals surface area (Å²) in [6.45, 7) is 5.24. The minimum absolute atomic E-state index is 0.0178. The van der Waals surface area contributed by atoms with Crippen molar-refractivity contribution in [2.75, 3.05) is 36.4 Å². The van der Waals surface area contributed by atoms with Gasteiger partial charge in [-0.15, -0.1) is 11.3 Å². The second-order valence-electron chi connectivity index (χ2n) is 10.5. The minimum atomic E-state index is -4.43. The normalized spacial score (nSPS) is 13.8. The number of hydrogen-bond donors (Lipinski definition) is 1. The van der Waals surface area contributed by atoms with E-state index in [4.69, 9.17) is 4.98 Å². The highest BCUT2D eigenvalue weighted by Gasteiger charge is 2.31. The van der Waals surface area contributed by atoms with Crippen molar-refractivity contribution in [2.24, 2.45) is 0 Å². The molecule has 2 aromatic heterocycles. The molecule has 5 aromatic rings. The Morgan fingerprint density at radius 1 is 0.907 bits per heavy atom. The quantitative estimate of drug-likeness (QED) is 0.208. The molecule has 1 aliphatic rings. The van der Waals surface area contributed by atoms with Crippen LogP contribution < -0.4 is 10.2 Å². The van der Waals surface area contributed by atoms with Gasteiger partial charge in [-0.2, -0.15) is 13.2 Å². The van der Waals surface area contributed by atoms with Gasteiger partial charge in [0.2, 0.25) is 0 Å². The topological polar surface area (TPSA) is 53.4 Å². The van der Waals surface area contributed by atoms with Crippen molar-refractivity contribution in [3.8, 4) is 11.4 Å². The minimum Gasteiger partial charge on any atom is -0.368 e. The average Bonchev–Trinajstić information content (AvgIpc) is 3.61. The maximum atomic E-state index is 13.8. The van der Waals surface area contributed by atoms with E-state index in [1.54, 1.807) is 6.07 Å². The van der Waals surface area contributed by atoms with Crippen molar-refractivity contribution >= 4 is 33.8 Å². The summed E-state index contributed by atoms with van der Waals surface area (Å²) in [6.07, 6.45) is -4.43. The molecule has 43 heavy (non-hydrogen) atoms. The van der Waals surface area contributed by atoms with Gasteiger partial charge in [-0.1, -0.05) is 54.6 Å². The van der Waals surface area contributed by atoms with Crippen LogP contribution in [0.4, 0.5) is 29.7 Å². The van der Waals surface area contributed by atoms with E-state index in [0.717, 1.165) is 47.9 Å². The Kier molecular flexibility index (Phi) is 7.94. The van der Waals surface area contributed by atoms with E-state index in [1.165, 1.54) is 17.4 Å². The zero-order valence-electron chi connectivity index (χ0n) is 23.5. The molecule has 3 heterocycles. The van der Waals surface area contributed by atoms with Gasteiger partial charge >= 0.3 is 6.18 Å². The van der Waals surface area contributed by atoms with E-state index in [-0.39, 0.29) is 5.91 Å². The molecule has 1 fully saturated rings. The molecule has 0 spiro atoms. The Hall–Kier alpha value is -4.57. The van der Waals surface area contributed by atoms with Crippen LogP contribution in [-0.2, 0) is 12.7 Å². The fourth-order valence-electron chi connectivity index (χ4n) is 5.37. The molecule has 0 unspecified atom stereocenters.